The van der Waals surface area contributed by atoms with Gasteiger partial charge in [0.2, 0.25) is 5.91 Å². The van der Waals surface area contributed by atoms with Crippen molar-refractivity contribution >= 4 is 5.91 Å². The molecule has 2 aliphatic heterocycles. The van der Waals surface area contributed by atoms with Gasteiger partial charge in [-0.1, -0.05) is 38.1 Å². The van der Waals surface area contributed by atoms with Gasteiger partial charge >= 0.3 is 0 Å². The second-order valence-electron chi connectivity index (χ2n) is 8.23. The lowest BCUT2D eigenvalue weighted by atomic mass is 9.91. The van der Waals surface area contributed by atoms with Crippen molar-refractivity contribution in [2.24, 2.45) is 11.8 Å². The van der Waals surface area contributed by atoms with Crippen molar-refractivity contribution in [2.75, 3.05) is 19.6 Å². The molecule has 0 spiro atoms. The molecule has 0 bridgehead atoms. The van der Waals surface area contributed by atoms with Gasteiger partial charge in [0.1, 0.15) is 0 Å². The van der Waals surface area contributed by atoms with Crippen LogP contribution < -0.4 is 10.6 Å². The molecule has 0 radical (unpaired) electrons. The summed E-state index contributed by atoms with van der Waals surface area (Å²) in [5.74, 6) is 1.75. The minimum absolute atomic E-state index is 0.153. The zero-order valence-corrected chi connectivity index (χ0v) is 15.8. The van der Waals surface area contributed by atoms with Crippen LogP contribution in [0.1, 0.15) is 50.7 Å². The molecule has 0 saturated carbocycles. The quantitative estimate of drug-likeness (QED) is 0.835. The van der Waals surface area contributed by atoms with Crippen molar-refractivity contribution < 1.29 is 4.79 Å². The number of hydrogen-bond acceptors (Lipinski definition) is 3. The Kier molecular flexibility index (Phi) is 6.49. The predicted molar refractivity (Wildman–Crippen MR) is 102 cm³/mol. The van der Waals surface area contributed by atoms with Crippen LogP contribution in [-0.4, -0.2) is 36.5 Å². The molecule has 4 nitrogen and oxygen atoms in total. The van der Waals surface area contributed by atoms with Gasteiger partial charge in [-0.3, -0.25) is 9.69 Å². The van der Waals surface area contributed by atoms with E-state index in [0.29, 0.717) is 19.0 Å². The Hall–Kier alpha value is -1.39. The van der Waals surface area contributed by atoms with Crippen molar-refractivity contribution in [3.8, 4) is 0 Å². The molecule has 1 aromatic carbocycles. The van der Waals surface area contributed by atoms with Gasteiger partial charge in [0.25, 0.3) is 0 Å². The number of benzene rings is 1. The van der Waals surface area contributed by atoms with Gasteiger partial charge in [0, 0.05) is 38.6 Å². The molecule has 1 amide bonds. The van der Waals surface area contributed by atoms with Crippen LogP contribution in [0.25, 0.3) is 0 Å². The molecule has 2 N–H and O–H groups in total. The average molecular weight is 344 g/mol. The van der Waals surface area contributed by atoms with Gasteiger partial charge in [-0.25, -0.2) is 0 Å². The topological polar surface area (TPSA) is 44.4 Å². The standard InChI is InChI=1S/C21H33N3O/c1-16-10-17(2)14-24(13-16)15-19-7-5-18(6-8-19)12-23-21(25)11-20-4-3-9-22-20/h5-8,16-17,20,22H,3-4,9-15H2,1-2H3,(H,23,25). The van der Waals surface area contributed by atoms with Crippen LogP contribution >= 0.6 is 0 Å². The highest BCUT2D eigenvalue weighted by atomic mass is 16.1. The zero-order chi connectivity index (χ0) is 17.6. The van der Waals surface area contributed by atoms with E-state index in [1.165, 1.54) is 37.1 Å². The molecular weight excluding hydrogens is 310 g/mol. The molecule has 3 rings (SSSR count). The maximum absolute atomic E-state index is 12.0. The number of likely N-dealkylation sites (tertiary alicyclic amines) is 1. The molecule has 138 valence electrons. The smallest absolute Gasteiger partial charge is 0.221 e. The van der Waals surface area contributed by atoms with E-state index in [2.05, 4.69) is 53.6 Å². The van der Waals surface area contributed by atoms with Gasteiger partial charge in [0.15, 0.2) is 0 Å². The Labute approximate surface area is 152 Å². The van der Waals surface area contributed by atoms with E-state index >= 15 is 0 Å². The number of amides is 1. The second-order valence-corrected chi connectivity index (χ2v) is 8.23. The number of nitrogens with one attached hydrogen (secondary N) is 2. The highest BCUT2D eigenvalue weighted by molar-refractivity contribution is 5.76. The Morgan fingerprint density at radius 2 is 1.84 bits per heavy atom. The normalized spacial score (nSPS) is 27.4. The molecule has 25 heavy (non-hydrogen) atoms. The molecular formula is C21H33N3O. The first kappa shape index (κ1) is 18.4. The minimum atomic E-state index is 0.153. The van der Waals surface area contributed by atoms with Crippen molar-refractivity contribution in [3.63, 3.8) is 0 Å². The van der Waals surface area contributed by atoms with Crippen molar-refractivity contribution in [1.82, 2.24) is 15.5 Å². The predicted octanol–water partition coefficient (Wildman–Crippen LogP) is 2.92. The third-order valence-electron chi connectivity index (χ3n) is 5.46. The maximum Gasteiger partial charge on any atom is 0.221 e. The van der Waals surface area contributed by atoms with Crippen LogP contribution in [-0.2, 0) is 17.9 Å². The van der Waals surface area contributed by atoms with Gasteiger partial charge in [-0.15, -0.1) is 0 Å². The summed E-state index contributed by atoms with van der Waals surface area (Å²) in [6.45, 7) is 9.84. The van der Waals surface area contributed by atoms with Gasteiger partial charge < -0.3 is 10.6 Å². The first-order chi connectivity index (χ1) is 12.1. The van der Waals surface area contributed by atoms with E-state index in [1.54, 1.807) is 0 Å². The molecule has 2 heterocycles. The SMILES string of the molecule is CC1CC(C)CN(Cc2ccc(CNC(=O)CC3CCCN3)cc2)C1. The summed E-state index contributed by atoms with van der Waals surface area (Å²) in [6, 6.07) is 9.10. The lowest BCUT2D eigenvalue weighted by molar-refractivity contribution is -0.121. The number of carbonyl (C=O) groups is 1. The lowest BCUT2D eigenvalue weighted by Gasteiger charge is -2.35. The Morgan fingerprint density at radius 1 is 1.16 bits per heavy atom. The summed E-state index contributed by atoms with van der Waals surface area (Å²) in [5.41, 5.74) is 2.54. The largest absolute Gasteiger partial charge is 0.352 e. The van der Waals surface area contributed by atoms with Crippen molar-refractivity contribution in [3.05, 3.63) is 35.4 Å². The summed E-state index contributed by atoms with van der Waals surface area (Å²) < 4.78 is 0. The molecule has 2 aliphatic rings. The average Bonchev–Trinajstić information content (AvgIpc) is 3.06. The van der Waals surface area contributed by atoms with Crippen LogP contribution in [0.2, 0.25) is 0 Å². The van der Waals surface area contributed by atoms with E-state index in [1.807, 2.05) is 0 Å². The molecule has 3 atom stereocenters. The lowest BCUT2D eigenvalue weighted by Crippen LogP contribution is -2.38. The van der Waals surface area contributed by atoms with Gasteiger partial charge in [0.05, 0.1) is 0 Å². The number of hydrogen-bond donors (Lipinski definition) is 2. The first-order valence-corrected chi connectivity index (χ1v) is 9.88. The molecule has 0 aliphatic carbocycles. The van der Waals surface area contributed by atoms with E-state index in [9.17, 15) is 4.79 Å². The minimum Gasteiger partial charge on any atom is -0.352 e. The van der Waals surface area contributed by atoms with Crippen LogP contribution in [0.4, 0.5) is 0 Å². The summed E-state index contributed by atoms with van der Waals surface area (Å²) >= 11 is 0. The number of carbonyl (C=O) groups excluding carboxylic acids is 1. The van der Waals surface area contributed by atoms with Crippen LogP contribution in [0, 0.1) is 11.8 Å². The number of rotatable bonds is 6. The van der Waals surface area contributed by atoms with Crippen LogP contribution in [0.3, 0.4) is 0 Å². The van der Waals surface area contributed by atoms with Crippen LogP contribution in [0.15, 0.2) is 24.3 Å². The monoisotopic (exact) mass is 343 g/mol. The Balaban J connectivity index is 1.43. The fraction of sp³-hybridized carbons (Fsp3) is 0.667. The fourth-order valence-electron chi connectivity index (χ4n) is 4.37. The third kappa shape index (κ3) is 5.82. The van der Waals surface area contributed by atoms with E-state index in [0.717, 1.165) is 31.3 Å². The summed E-state index contributed by atoms with van der Waals surface area (Å²) in [5, 5.41) is 6.42. The van der Waals surface area contributed by atoms with Crippen molar-refractivity contribution in [2.45, 2.75) is 58.7 Å². The highest BCUT2D eigenvalue weighted by Crippen LogP contribution is 2.22. The summed E-state index contributed by atoms with van der Waals surface area (Å²) in [6.07, 6.45) is 4.26. The molecule has 4 heteroatoms. The third-order valence-corrected chi connectivity index (χ3v) is 5.46. The zero-order valence-electron chi connectivity index (χ0n) is 15.8. The first-order valence-electron chi connectivity index (χ1n) is 9.88. The summed E-state index contributed by atoms with van der Waals surface area (Å²) in [7, 11) is 0. The van der Waals surface area contributed by atoms with Crippen molar-refractivity contribution in [1.29, 1.82) is 0 Å². The Bertz CT molecular complexity index is 541. The van der Waals surface area contributed by atoms with Crippen LogP contribution in [0.5, 0.6) is 0 Å². The second kappa shape index (κ2) is 8.81. The van der Waals surface area contributed by atoms with E-state index < -0.39 is 0 Å². The molecule has 2 fully saturated rings. The number of nitrogens with zero attached hydrogens (tertiary/aromatic N) is 1. The number of piperidine rings is 1. The summed E-state index contributed by atoms with van der Waals surface area (Å²) in [4.78, 5) is 14.6. The van der Waals surface area contributed by atoms with E-state index in [4.69, 9.17) is 0 Å². The van der Waals surface area contributed by atoms with Gasteiger partial charge in [-0.2, -0.15) is 0 Å². The molecule has 0 aromatic heterocycles. The van der Waals surface area contributed by atoms with E-state index in [-0.39, 0.29) is 5.91 Å². The molecule has 2 saturated heterocycles. The molecule has 3 unspecified atom stereocenters. The Morgan fingerprint density at radius 3 is 2.48 bits per heavy atom. The van der Waals surface area contributed by atoms with Gasteiger partial charge in [-0.05, 0) is 48.8 Å². The maximum atomic E-state index is 12.0. The fourth-order valence-corrected chi connectivity index (χ4v) is 4.37. The highest BCUT2D eigenvalue weighted by Gasteiger charge is 2.21. The molecule has 1 aromatic rings.